The molecule has 1 aliphatic heterocycles. The van der Waals surface area contributed by atoms with Crippen LogP contribution in [0.15, 0.2) is 18.2 Å². The molecule has 0 spiro atoms. The number of para-hydroxylation sites is 1. The number of amides is 1. The lowest BCUT2D eigenvalue weighted by atomic mass is 10.1. The maximum Gasteiger partial charge on any atom is 0.244 e. The van der Waals surface area contributed by atoms with Crippen LogP contribution in [0.3, 0.4) is 0 Å². The van der Waals surface area contributed by atoms with E-state index in [1.54, 1.807) is 0 Å². The highest BCUT2D eigenvalue weighted by molar-refractivity contribution is 5.99. The molecule has 0 bridgehead atoms. The molecule has 1 fully saturated rings. The van der Waals surface area contributed by atoms with Crippen LogP contribution in [0.1, 0.15) is 32.6 Å². The van der Waals surface area contributed by atoms with Gasteiger partial charge in [0.25, 0.3) is 0 Å². The lowest BCUT2D eigenvalue weighted by Crippen LogP contribution is -2.43. The first-order valence-electron chi connectivity index (χ1n) is 8.20. The highest BCUT2D eigenvalue weighted by Crippen LogP contribution is 2.29. The summed E-state index contributed by atoms with van der Waals surface area (Å²) in [6, 6.07) is 3.26. The van der Waals surface area contributed by atoms with Gasteiger partial charge in [-0.25, -0.2) is 8.78 Å². The number of nitrogens with zero attached hydrogens (tertiary/aromatic N) is 2. The van der Waals surface area contributed by atoms with Gasteiger partial charge in [-0.05, 0) is 37.9 Å². The minimum atomic E-state index is -0.713. The number of carbonyl (C=O) groups excluding carboxylic acids is 1. The van der Waals surface area contributed by atoms with Crippen molar-refractivity contribution in [3.63, 3.8) is 0 Å². The molecule has 0 aromatic heterocycles. The topological polar surface area (TPSA) is 43.8 Å². The molecule has 128 valence electrons. The number of benzene rings is 1. The lowest BCUT2D eigenvalue weighted by molar-refractivity contribution is -0.121. The third kappa shape index (κ3) is 4.06. The number of hydrogen-bond donors (Lipinski definition) is 1. The van der Waals surface area contributed by atoms with Crippen LogP contribution in [0.25, 0.3) is 0 Å². The third-order valence-corrected chi connectivity index (χ3v) is 4.23. The van der Waals surface area contributed by atoms with Crippen LogP contribution in [0.5, 0.6) is 0 Å². The second kappa shape index (κ2) is 8.36. The Morgan fingerprint density at radius 1 is 1.26 bits per heavy atom. The highest BCUT2D eigenvalue weighted by Gasteiger charge is 2.38. The lowest BCUT2D eigenvalue weighted by Gasteiger charge is -2.27. The maximum absolute atomic E-state index is 13.9. The first kappa shape index (κ1) is 17.8. The van der Waals surface area contributed by atoms with Crippen LogP contribution < -0.4 is 4.90 Å². The zero-order chi connectivity index (χ0) is 16.8. The number of halogens is 2. The Kier molecular flexibility index (Phi) is 6.47. The van der Waals surface area contributed by atoms with Crippen LogP contribution in [0.2, 0.25) is 0 Å². The normalized spacial score (nSPS) is 18.2. The molecule has 1 saturated heterocycles. The van der Waals surface area contributed by atoms with E-state index in [0.29, 0.717) is 25.9 Å². The van der Waals surface area contributed by atoms with E-state index >= 15 is 0 Å². The zero-order valence-corrected chi connectivity index (χ0v) is 13.5. The molecule has 23 heavy (non-hydrogen) atoms. The molecule has 0 radical (unpaired) electrons. The quantitative estimate of drug-likeness (QED) is 0.798. The third-order valence-electron chi connectivity index (χ3n) is 4.23. The summed E-state index contributed by atoms with van der Waals surface area (Å²) in [4.78, 5) is 15.9. The van der Waals surface area contributed by atoms with E-state index in [-0.39, 0.29) is 24.2 Å². The fraction of sp³-hybridized carbons (Fsp3) is 0.588. The van der Waals surface area contributed by atoms with Crippen LogP contribution in [-0.2, 0) is 4.79 Å². The number of unbranched alkanes of at least 4 members (excludes halogenated alkanes) is 1. The second-order valence-electron chi connectivity index (χ2n) is 5.83. The van der Waals surface area contributed by atoms with Gasteiger partial charge in [-0.2, -0.15) is 0 Å². The van der Waals surface area contributed by atoms with Gasteiger partial charge in [0.05, 0.1) is 6.04 Å². The molecule has 0 saturated carbocycles. The van der Waals surface area contributed by atoms with E-state index < -0.39 is 11.6 Å². The smallest absolute Gasteiger partial charge is 0.244 e. The van der Waals surface area contributed by atoms with E-state index in [4.69, 9.17) is 5.11 Å². The number of anilines is 1. The molecule has 1 aliphatic rings. The molecule has 2 rings (SSSR count). The molecule has 1 atom stereocenters. The van der Waals surface area contributed by atoms with E-state index in [1.807, 2.05) is 4.90 Å². The summed E-state index contributed by atoms with van der Waals surface area (Å²) in [5, 5.41) is 9.03. The molecule has 6 heteroatoms. The Hall–Kier alpha value is -1.53. The monoisotopic (exact) mass is 326 g/mol. The van der Waals surface area contributed by atoms with E-state index in [0.717, 1.165) is 19.4 Å². The van der Waals surface area contributed by atoms with Crippen molar-refractivity contribution >= 4 is 11.6 Å². The standard InChI is InChI=1S/C17H24F2N2O2/c1-2-3-9-20(10-5-12-22)15-8-11-21(17(15)23)16-13(18)6-4-7-14(16)19/h4,6-7,15,22H,2-3,5,8-12H2,1H3. The molecule has 0 aliphatic carbocycles. The largest absolute Gasteiger partial charge is 0.396 e. The molecular formula is C17H24F2N2O2. The summed E-state index contributed by atoms with van der Waals surface area (Å²) in [6.07, 6.45) is 3.08. The van der Waals surface area contributed by atoms with Gasteiger partial charge in [-0.3, -0.25) is 9.69 Å². The predicted molar refractivity (Wildman–Crippen MR) is 85.3 cm³/mol. The molecule has 1 unspecified atom stereocenters. The fourth-order valence-corrected chi connectivity index (χ4v) is 3.03. The van der Waals surface area contributed by atoms with Crippen molar-refractivity contribution in [2.45, 2.75) is 38.6 Å². The highest BCUT2D eigenvalue weighted by atomic mass is 19.1. The molecule has 1 aromatic carbocycles. The van der Waals surface area contributed by atoms with E-state index in [9.17, 15) is 13.6 Å². The van der Waals surface area contributed by atoms with Crippen LogP contribution in [0, 0.1) is 11.6 Å². The van der Waals surface area contributed by atoms with Gasteiger partial charge in [0.2, 0.25) is 5.91 Å². The Morgan fingerprint density at radius 2 is 1.91 bits per heavy atom. The average Bonchev–Trinajstić information content (AvgIpc) is 2.89. The van der Waals surface area contributed by atoms with Gasteiger partial charge < -0.3 is 10.0 Å². The first-order valence-corrected chi connectivity index (χ1v) is 8.20. The van der Waals surface area contributed by atoms with Gasteiger partial charge in [-0.15, -0.1) is 0 Å². The van der Waals surface area contributed by atoms with Crippen molar-refractivity contribution in [1.29, 1.82) is 0 Å². The van der Waals surface area contributed by atoms with Gasteiger partial charge in [0.15, 0.2) is 0 Å². The molecule has 1 N–H and O–H groups in total. The van der Waals surface area contributed by atoms with Crippen LogP contribution in [0.4, 0.5) is 14.5 Å². The fourth-order valence-electron chi connectivity index (χ4n) is 3.03. The molecule has 4 nitrogen and oxygen atoms in total. The minimum absolute atomic E-state index is 0.0647. The number of aliphatic hydroxyl groups is 1. The SMILES string of the molecule is CCCCN(CCCO)C1CCN(c2c(F)cccc2F)C1=O. The number of carbonyl (C=O) groups is 1. The van der Waals surface area contributed by atoms with Crippen molar-refractivity contribution in [3.8, 4) is 0 Å². The van der Waals surface area contributed by atoms with Gasteiger partial charge in [0.1, 0.15) is 17.3 Å². The van der Waals surface area contributed by atoms with Gasteiger partial charge in [-0.1, -0.05) is 19.4 Å². The maximum atomic E-state index is 13.9. The summed E-state index contributed by atoms with van der Waals surface area (Å²) in [6.45, 7) is 3.81. The molecule has 1 heterocycles. The van der Waals surface area contributed by atoms with Gasteiger partial charge >= 0.3 is 0 Å². The summed E-state index contributed by atoms with van der Waals surface area (Å²) in [5.74, 6) is -1.69. The minimum Gasteiger partial charge on any atom is -0.396 e. The Bertz CT molecular complexity index is 511. The Labute approximate surface area is 135 Å². The van der Waals surface area contributed by atoms with Crippen molar-refractivity contribution in [2.75, 3.05) is 31.1 Å². The number of rotatable bonds is 8. The number of aliphatic hydroxyl groups excluding tert-OH is 1. The van der Waals surface area contributed by atoms with Crippen molar-refractivity contribution in [2.24, 2.45) is 0 Å². The van der Waals surface area contributed by atoms with E-state index in [2.05, 4.69) is 6.92 Å². The second-order valence-corrected chi connectivity index (χ2v) is 5.83. The predicted octanol–water partition coefficient (Wildman–Crippen LogP) is 2.55. The first-order chi connectivity index (χ1) is 11.1. The molecule has 1 amide bonds. The van der Waals surface area contributed by atoms with Crippen LogP contribution >= 0.6 is 0 Å². The van der Waals surface area contributed by atoms with Crippen molar-refractivity contribution in [1.82, 2.24) is 4.90 Å². The molecule has 1 aromatic rings. The zero-order valence-electron chi connectivity index (χ0n) is 13.5. The van der Waals surface area contributed by atoms with E-state index in [1.165, 1.54) is 23.1 Å². The Morgan fingerprint density at radius 3 is 2.52 bits per heavy atom. The summed E-state index contributed by atoms with van der Waals surface area (Å²) < 4.78 is 27.9. The summed E-state index contributed by atoms with van der Waals surface area (Å²) >= 11 is 0. The van der Waals surface area contributed by atoms with Crippen molar-refractivity contribution < 1.29 is 18.7 Å². The summed E-state index contributed by atoms with van der Waals surface area (Å²) in [5.41, 5.74) is -0.252. The van der Waals surface area contributed by atoms with Crippen LogP contribution in [-0.4, -0.2) is 48.2 Å². The summed E-state index contributed by atoms with van der Waals surface area (Å²) in [7, 11) is 0. The Balaban J connectivity index is 2.15. The average molecular weight is 326 g/mol. The van der Waals surface area contributed by atoms with Crippen molar-refractivity contribution in [3.05, 3.63) is 29.8 Å². The van der Waals surface area contributed by atoms with Gasteiger partial charge in [0, 0.05) is 19.7 Å². The number of hydrogen-bond acceptors (Lipinski definition) is 3. The molecular weight excluding hydrogens is 302 g/mol.